The van der Waals surface area contributed by atoms with Crippen molar-refractivity contribution in [2.45, 2.75) is 83.4 Å². The average Bonchev–Trinajstić information content (AvgIpc) is 2.57. The number of nitrogens with one attached hydrogen (secondary N) is 2. The molecule has 1 rings (SSSR count). The lowest BCUT2D eigenvalue weighted by molar-refractivity contribution is -0.124. The predicted octanol–water partition coefficient (Wildman–Crippen LogP) is 3.61. The van der Waals surface area contributed by atoms with Gasteiger partial charge in [0.05, 0.1) is 6.07 Å². The standard InChI is InChI=1S/C19H33N3O3S/c1-19(2,3)25-18(24)22-16(12-14-8-6-5-7-9-14)17(23)21-15(13-20)10-11-26-4/h14-16H,5-12H2,1-4H3,(H,21,23)(H,22,24)/t15-,16-/m0/s1. The second kappa shape index (κ2) is 11.3. The van der Waals surface area contributed by atoms with Gasteiger partial charge in [0.25, 0.3) is 0 Å². The fraction of sp³-hybridized carbons (Fsp3) is 0.842. The molecule has 0 aromatic rings. The van der Waals surface area contributed by atoms with Gasteiger partial charge >= 0.3 is 6.09 Å². The Bertz CT molecular complexity index is 493. The third kappa shape index (κ3) is 9.33. The van der Waals surface area contributed by atoms with E-state index >= 15 is 0 Å². The molecule has 1 fully saturated rings. The lowest BCUT2D eigenvalue weighted by Gasteiger charge is -2.28. The summed E-state index contributed by atoms with van der Waals surface area (Å²) < 4.78 is 5.31. The molecular formula is C19H33N3O3S. The van der Waals surface area contributed by atoms with Crippen LogP contribution in [0.25, 0.3) is 0 Å². The number of rotatable bonds is 8. The van der Waals surface area contributed by atoms with Crippen molar-refractivity contribution < 1.29 is 14.3 Å². The molecule has 2 N–H and O–H groups in total. The van der Waals surface area contributed by atoms with Crippen LogP contribution < -0.4 is 10.6 Å². The maximum absolute atomic E-state index is 12.7. The van der Waals surface area contributed by atoms with Crippen molar-refractivity contribution in [1.29, 1.82) is 5.26 Å². The van der Waals surface area contributed by atoms with Gasteiger partial charge in [0.15, 0.2) is 0 Å². The Morgan fingerprint density at radius 1 is 1.23 bits per heavy atom. The fourth-order valence-electron chi connectivity index (χ4n) is 3.11. The molecule has 0 spiro atoms. The summed E-state index contributed by atoms with van der Waals surface area (Å²) in [5, 5.41) is 14.7. The first-order valence-electron chi connectivity index (χ1n) is 9.43. The predicted molar refractivity (Wildman–Crippen MR) is 105 cm³/mol. The number of carbonyl (C=O) groups is 2. The second-order valence-electron chi connectivity index (χ2n) is 7.91. The van der Waals surface area contributed by atoms with E-state index in [1.54, 1.807) is 32.5 Å². The van der Waals surface area contributed by atoms with Crippen molar-refractivity contribution in [1.82, 2.24) is 10.6 Å². The van der Waals surface area contributed by atoms with Gasteiger partial charge in [-0.1, -0.05) is 32.1 Å². The van der Waals surface area contributed by atoms with Gasteiger partial charge in [-0.3, -0.25) is 4.79 Å². The molecule has 0 aliphatic heterocycles. The van der Waals surface area contributed by atoms with Crippen LogP contribution in [0.2, 0.25) is 0 Å². The minimum absolute atomic E-state index is 0.297. The molecule has 0 heterocycles. The van der Waals surface area contributed by atoms with Crippen molar-refractivity contribution in [3.05, 3.63) is 0 Å². The van der Waals surface area contributed by atoms with Crippen LogP contribution in [-0.2, 0) is 9.53 Å². The van der Waals surface area contributed by atoms with Crippen LogP contribution in [0.15, 0.2) is 0 Å². The lowest BCUT2D eigenvalue weighted by atomic mass is 9.84. The quantitative estimate of drug-likeness (QED) is 0.668. The summed E-state index contributed by atoms with van der Waals surface area (Å²) in [4.78, 5) is 24.9. The number of nitriles is 1. The van der Waals surface area contributed by atoms with Crippen molar-refractivity contribution in [2.75, 3.05) is 12.0 Å². The highest BCUT2D eigenvalue weighted by atomic mass is 32.2. The van der Waals surface area contributed by atoms with Crippen molar-refractivity contribution in [3.63, 3.8) is 0 Å². The third-order valence-corrected chi connectivity index (χ3v) is 5.03. The number of ether oxygens (including phenoxy) is 1. The van der Waals surface area contributed by atoms with Crippen LogP contribution in [0.3, 0.4) is 0 Å². The van der Waals surface area contributed by atoms with E-state index in [1.165, 1.54) is 19.3 Å². The fourth-order valence-corrected chi connectivity index (χ4v) is 3.59. The molecular weight excluding hydrogens is 350 g/mol. The van der Waals surface area contributed by atoms with E-state index in [0.29, 0.717) is 18.8 Å². The van der Waals surface area contributed by atoms with Gasteiger partial charge in [-0.25, -0.2) is 4.79 Å². The zero-order valence-electron chi connectivity index (χ0n) is 16.5. The maximum Gasteiger partial charge on any atom is 0.408 e. The van der Waals surface area contributed by atoms with Gasteiger partial charge in [0.1, 0.15) is 17.7 Å². The zero-order chi connectivity index (χ0) is 19.6. The van der Waals surface area contributed by atoms with Crippen LogP contribution >= 0.6 is 11.8 Å². The Morgan fingerprint density at radius 3 is 2.42 bits per heavy atom. The summed E-state index contributed by atoms with van der Waals surface area (Å²) in [7, 11) is 0. The minimum Gasteiger partial charge on any atom is -0.444 e. The van der Waals surface area contributed by atoms with Gasteiger partial charge in [0, 0.05) is 0 Å². The van der Waals surface area contributed by atoms with Crippen LogP contribution in [0.1, 0.15) is 65.7 Å². The summed E-state index contributed by atoms with van der Waals surface area (Å²) in [5.74, 6) is 0.918. The molecule has 0 bridgehead atoms. The second-order valence-corrected chi connectivity index (χ2v) is 8.90. The minimum atomic E-state index is -0.668. The summed E-state index contributed by atoms with van der Waals surface area (Å²) >= 11 is 1.63. The Kier molecular flexibility index (Phi) is 9.85. The largest absolute Gasteiger partial charge is 0.444 e. The number of thioether (sulfide) groups is 1. The van der Waals surface area contributed by atoms with E-state index in [0.717, 1.165) is 18.6 Å². The summed E-state index contributed by atoms with van der Waals surface area (Å²) in [6.45, 7) is 5.37. The first kappa shape index (κ1) is 22.6. The van der Waals surface area contributed by atoms with Gasteiger partial charge in [-0.15, -0.1) is 0 Å². The molecule has 26 heavy (non-hydrogen) atoms. The number of hydrogen-bond donors (Lipinski definition) is 2. The van der Waals surface area contributed by atoms with Crippen molar-refractivity contribution in [3.8, 4) is 6.07 Å². The molecule has 1 aliphatic rings. The molecule has 148 valence electrons. The monoisotopic (exact) mass is 383 g/mol. The number of amides is 2. The molecule has 0 aromatic heterocycles. The Balaban J connectivity index is 2.72. The Morgan fingerprint density at radius 2 is 1.88 bits per heavy atom. The maximum atomic E-state index is 12.7. The smallest absolute Gasteiger partial charge is 0.408 e. The van der Waals surface area contributed by atoms with Crippen molar-refractivity contribution in [2.24, 2.45) is 5.92 Å². The van der Waals surface area contributed by atoms with E-state index < -0.39 is 23.8 Å². The molecule has 6 nitrogen and oxygen atoms in total. The molecule has 0 aromatic carbocycles. The summed E-state index contributed by atoms with van der Waals surface area (Å²) in [6, 6.07) is 0.922. The zero-order valence-corrected chi connectivity index (χ0v) is 17.3. The van der Waals surface area contributed by atoms with E-state index in [-0.39, 0.29) is 5.91 Å². The molecule has 0 unspecified atom stereocenters. The topological polar surface area (TPSA) is 91.2 Å². The number of hydrogen-bond acceptors (Lipinski definition) is 5. The average molecular weight is 384 g/mol. The lowest BCUT2D eigenvalue weighted by Crippen LogP contribution is -2.51. The highest BCUT2D eigenvalue weighted by Gasteiger charge is 2.29. The van der Waals surface area contributed by atoms with Gasteiger partial charge in [-0.2, -0.15) is 17.0 Å². The Hall–Kier alpha value is -1.42. The van der Waals surface area contributed by atoms with Crippen LogP contribution in [0.4, 0.5) is 4.79 Å². The number of carbonyl (C=O) groups excluding carboxylic acids is 2. The van der Waals surface area contributed by atoms with Gasteiger partial charge in [-0.05, 0) is 51.5 Å². The SMILES string of the molecule is CSCC[C@@H](C#N)NC(=O)[C@H](CC1CCCCC1)NC(=O)OC(C)(C)C. The molecule has 2 atom stereocenters. The van der Waals surface area contributed by atoms with Gasteiger partial charge < -0.3 is 15.4 Å². The third-order valence-electron chi connectivity index (χ3n) is 4.38. The first-order chi connectivity index (χ1) is 12.2. The Labute approximate surface area is 161 Å². The molecule has 7 heteroatoms. The van der Waals surface area contributed by atoms with E-state index in [9.17, 15) is 14.9 Å². The van der Waals surface area contributed by atoms with Crippen LogP contribution in [-0.4, -0.2) is 41.7 Å². The summed E-state index contributed by atoms with van der Waals surface area (Å²) in [6.07, 6.45) is 8.27. The van der Waals surface area contributed by atoms with E-state index in [2.05, 4.69) is 16.7 Å². The highest BCUT2D eigenvalue weighted by Crippen LogP contribution is 2.27. The normalized spacial score (nSPS) is 17.7. The van der Waals surface area contributed by atoms with Crippen LogP contribution in [0.5, 0.6) is 0 Å². The first-order valence-corrected chi connectivity index (χ1v) is 10.8. The van der Waals surface area contributed by atoms with E-state index in [1.807, 2.05) is 6.26 Å². The highest BCUT2D eigenvalue weighted by molar-refractivity contribution is 7.98. The number of nitrogens with zero attached hydrogens (tertiary/aromatic N) is 1. The molecule has 0 saturated heterocycles. The number of alkyl carbamates (subject to hydrolysis) is 1. The molecule has 1 aliphatic carbocycles. The van der Waals surface area contributed by atoms with Gasteiger partial charge in [0.2, 0.25) is 5.91 Å². The molecule has 1 saturated carbocycles. The summed E-state index contributed by atoms with van der Waals surface area (Å²) in [5.41, 5.74) is -0.622. The molecule has 0 radical (unpaired) electrons. The van der Waals surface area contributed by atoms with Crippen LogP contribution in [0, 0.1) is 17.2 Å². The van der Waals surface area contributed by atoms with Crippen molar-refractivity contribution >= 4 is 23.8 Å². The molecule has 2 amide bonds. The van der Waals surface area contributed by atoms with E-state index in [4.69, 9.17) is 4.74 Å².